The molecule has 0 unspecified atom stereocenters. The third-order valence-electron chi connectivity index (χ3n) is 3.86. The predicted molar refractivity (Wildman–Crippen MR) is 92.0 cm³/mol. The second-order valence-electron chi connectivity index (χ2n) is 5.76. The summed E-state index contributed by atoms with van der Waals surface area (Å²) in [5.41, 5.74) is 0.720. The first kappa shape index (κ1) is 17.3. The largest absolute Gasteiger partial charge is 0.489 e. The number of hydrogen-bond acceptors (Lipinski definition) is 3. The van der Waals surface area contributed by atoms with E-state index in [9.17, 15) is 4.79 Å². The van der Waals surface area contributed by atoms with Crippen molar-refractivity contribution < 1.29 is 14.3 Å². The number of hydrogen-bond donors (Lipinski definition) is 1. The summed E-state index contributed by atoms with van der Waals surface area (Å²) in [6.07, 6.45) is 6.32. The summed E-state index contributed by atoms with van der Waals surface area (Å²) in [5.74, 6) is 0.709. The predicted octanol–water partition coefficient (Wildman–Crippen LogP) is 3.67. The van der Waals surface area contributed by atoms with Gasteiger partial charge in [-0.25, -0.2) is 4.79 Å². The van der Waals surface area contributed by atoms with Crippen molar-refractivity contribution >= 4 is 11.7 Å². The van der Waals surface area contributed by atoms with Crippen LogP contribution in [-0.2, 0) is 4.74 Å². The van der Waals surface area contributed by atoms with Crippen molar-refractivity contribution in [3.8, 4) is 5.75 Å². The van der Waals surface area contributed by atoms with E-state index < -0.39 is 0 Å². The third-order valence-corrected chi connectivity index (χ3v) is 3.86. The fourth-order valence-corrected chi connectivity index (χ4v) is 2.51. The van der Waals surface area contributed by atoms with Gasteiger partial charge in [-0.05, 0) is 37.8 Å². The summed E-state index contributed by atoms with van der Waals surface area (Å²) < 4.78 is 11.2. The molecule has 1 atom stereocenters. The van der Waals surface area contributed by atoms with Gasteiger partial charge in [-0.1, -0.05) is 18.7 Å². The molecule has 1 saturated heterocycles. The Hall–Kier alpha value is -2.01. The van der Waals surface area contributed by atoms with E-state index in [1.54, 1.807) is 24.1 Å². The maximum absolute atomic E-state index is 12.2. The number of urea groups is 1. The van der Waals surface area contributed by atoms with Crippen LogP contribution in [0.15, 0.2) is 36.9 Å². The number of carbonyl (C=O) groups excluding carboxylic acids is 1. The first-order valence-corrected chi connectivity index (χ1v) is 8.16. The molecule has 1 N–H and O–H groups in total. The Kier molecular flexibility index (Phi) is 6.94. The molecule has 0 saturated carbocycles. The number of rotatable bonds is 7. The first-order chi connectivity index (χ1) is 11.2. The average Bonchev–Trinajstić information content (AvgIpc) is 2.59. The van der Waals surface area contributed by atoms with Crippen molar-refractivity contribution in [1.29, 1.82) is 0 Å². The molecule has 5 heteroatoms. The van der Waals surface area contributed by atoms with Gasteiger partial charge in [0.15, 0.2) is 0 Å². The van der Waals surface area contributed by atoms with Gasteiger partial charge in [0, 0.05) is 32.0 Å². The van der Waals surface area contributed by atoms with E-state index in [1.165, 1.54) is 6.42 Å². The summed E-state index contributed by atoms with van der Waals surface area (Å²) >= 11 is 0. The van der Waals surface area contributed by atoms with Gasteiger partial charge in [0.05, 0.1) is 6.10 Å². The van der Waals surface area contributed by atoms with E-state index in [2.05, 4.69) is 11.9 Å². The van der Waals surface area contributed by atoms with Crippen LogP contribution >= 0.6 is 0 Å². The first-order valence-electron chi connectivity index (χ1n) is 8.16. The number of nitrogens with one attached hydrogen (secondary N) is 1. The maximum Gasteiger partial charge on any atom is 0.321 e. The Morgan fingerprint density at radius 3 is 3.13 bits per heavy atom. The standard InChI is InChI=1S/C18H26N2O3/c1-3-12-22-17-9-6-7-15(14-17)19-18(21)20(2)11-10-16-8-4-5-13-23-16/h3,6-7,9,14,16H,1,4-5,8,10-13H2,2H3,(H,19,21)/t16-/m1/s1. The summed E-state index contributed by atoms with van der Waals surface area (Å²) in [6, 6.07) is 7.23. The van der Waals surface area contributed by atoms with Gasteiger partial charge >= 0.3 is 6.03 Å². The normalized spacial score (nSPS) is 17.3. The Balaban J connectivity index is 1.79. The summed E-state index contributed by atoms with van der Waals surface area (Å²) in [4.78, 5) is 13.9. The minimum atomic E-state index is -0.123. The van der Waals surface area contributed by atoms with Crippen LogP contribution in [0.1, 0.15) is 25.7 Å². The van der Waals surface area contributed by atoms with Crippen molar-refractivity contribution in [2.45, 2.75) is 31.8 Å². The highest BCUT2D eigenvalue weighted by Crippen LogP contribution is 2.18. The lowest BCUT2D eigenvalue weighted by atomic mass is 10.1. The molecule has 0 radical (unpaired) electrons. The SMILES string of the molecule is C=CCOc1cccc(NC(=O)N(C)CC[C@H]2CCCCO2)c1. The molecule has 2 amide bonds. The molecule has 1 fully saturated rings. The van der Waals surface area contributed by atoms with Gasteiger partial charge in [-0.15, -0.1) is 0 Å². The van der Waals surface area contributed by atoms with Gasteiger partial charge in [0.1, 0.15) is 12.4 Å². The number of anilines is 1. The highest BCUT2D eigenvalue weighted by atomic mass is 16.5. The lowest BCUT2D eigenvalue weighted by molar-refractivity contribution is 0.00848. The molecule has 0 bridgehead atoms. The smallest absolute Gasteiger partial charge is 0.321 e. The van der Waals surface area contributed by atoms with Crippen LogP contribution in [0, 0.1) is 0 Å². The Morgan fingerprint density at radius 2 is 2.39 bits per heavy atom. The number of amides is 2. The zero-order valence-corrected chi connectivity index (χ0v) is 13.8. The number of ether oxygens (including phenoxy) is 2. The van der Waals surface area contributed by atoms with Crippen LogP contribution in [0.5, 0.6) is 5.75 Å². The second-order valence-corrected chi connectivity index (χ2v) is 5.76. The molecule has 1 aliphatic rings. The Morgan fingerprint density at radius 1 is 1.52 bits per heavy atom. The highest BCUT2D eigenvalue weighted by molar-refractivity contribution is 5.89. The molecule has 1 aromatic rings. The average molecular weight is 318 g/mol. The second kappa shape index (κ2) is 9.20. The molecular weight excluding hydrogens is 292 g/mol. The fraction of sp³-hybridized carbons (Fsp3) is 0.500. The molecule has 5 nitrogen and oxygen atoms in total. The topological polar surface area (TPSA) is 50.8 Å². The van der Waals surface area contributed by atoms with Crippen molar-refractivity contribution in [2.75, 3.05) is 32.1 Å². The van der Waals surface area contributed by atoms with Crippen LogP contribution in [0.4, 0.5) is 10.5 Å². The molecule has 126 valence electrons. The van der Waals surface area contributed by atoms with E-state index in [0.717, 1.165) is 31.6 Å². The summed E-state index contributed by atoms with van der Waals surface area (Å²) in [6.45, 7) is 5.59. The van der Waals surface area contributed by atoms with Crippen LogP contribution < -0.4 is 10.1 Å². The zero-order chi connectivity index (χ0) is 16.5. The molecule has 23 heavy (non-hydrogen) atoms. The number of carbonyl (C=O) groups is 1. The quantitative estimate of drug-likeness (QED) is 0.780. The van der Waals surface area contributed by atoms with E-state index in [1.807, 2.05) is 18.2 Å². The Bertz CT molecular complexity index is 513. The maximum atomic E-state index is 12.2. The molecule has 0 aliphatic carbocycles. The van der Waals surface area contributed by atoms with Gasteiger partial charge in [0.2, 0.25) is 0 Å². The van der Waals surface area contributed by atoms with Gasteiger partial charge in [-0.3, -0.25) is 0 Å². The van der Waals surface area contributed by atoms with Crippen molar-refractivity contribution in [2.24, 2.45) is 0 Å². The van der Waals surface area contributed by atoms with E-state index in [4.69, 9.17) is 9.47 Å². The van der Waals surface area contributed by atoms with Crippen LogP contribution in [0.25, 0.3) is 0 Å². The minimum Gasteiger partial charge on any atom is -0.489 e. The van der Waals surface area contributed by atoms with E-state index in [-0.39, 0.29) is 12.1 Å². The molecule has 0 aromatic heterocycles. The molecule has 1 aromatic carbocycles. The number of benzene rings is 1. The van der Waals surface area contributed by atoms with Gasteiger partial charge in [0.25, 0.3) is 0 Å². The molecule has 1 heterocycles. The van der Waals surface area contributed by atoms with Gasteiger partial charge < -0.3 is 19.7 Å². The summed E-state index contributed by atoms with van der Waals surface area (Å²) in [7, 11) is 1.80. The van der Waals surface area contributed by atoms with Gasteiger partial charge in [-0.2, -0.15) is 0 Å². The van der Waals surface area contributed by atoms with Crippen LogP contribution in [0.2, 0.25) is 0 Å². The fourth-order valence-electron chi connectivity index (χ4n) is 2.51. The molecule has 2 rings (SSSR count). The van der Waals surface area contributed by atoms with Crippen molar-refractivity contribution in [3.63, 3.8) is 0 Å². The van der Waals surface area contributed by atoms with Crippen LogP contribution in [0.3, 0.4) is 0 Å². The lowest BCUT2D eigenvalue weighted by Gasteiger charge is -2.25. The lowest BCUT2D eigenvalue weighted by Crippen LogP contribution is -2.34. The minimum absolute atomic E-state index is 0.123. The van der Waals surface area contributed by atoms with E-state index in [0.29, 0.717) is 18.9 Å². The van der Waals surface area contributed by atoms with Crippen LogP contribution in [-0.4, -0.2) is 43.8 Å². The third kappa shape index (κ3) is 5.94. The highest BCUT2D eigenvalue weighted by Gasteiger charge is 2.16. The van der Waals surface area contributed by atoms with Crippen molar-refractivity contribution in [3.05, 3.63) is 36.9 Å². The van der Waals surface area contributed by atoms with E-state index >= 15 is 0 Å². The molecular formula is C18H26N2O3. The number of nitrogens with zero attached hydrogens (tertiary/aromatic N) is 1. The molecule has 1 aliphatic heterocycles. The zero-order valence-electron chi connectivity index (χ0n) is 13.8. The monoisotopic (exact) mass is 318 g/mol. The van der Waals surface area contributed by atoms with Crippen molar-refractivity contribution in [1.82, 2.24) is 4.90 Å². The summed E-state index contributed by atoms with van der Waals surface area (Å²) in [5, 5.41) is 2.89. The molecule has 0 spiro atoms. The Labute approximate surface area is 138 Å².